The Morgan fingerprint density at radius 2 is 1.50 bits per heavy atom. The monoisotopic (exact) mass is 715 g/mol. The van der Waals surface area contributed by atoms with E-state index in [0.29, 0.717) is 12.1 Å². The molecule has 2 heterocycles. The van der Waals surface area contributed by atoms with Crippen LogP contribution in [0.2, 0.25) is 0 Å². The van der Waals surface area contributed by atoms with Crippen LogP contribution < -0.4 is 10.2 Å². The van der Waals surface area contributed by atoms with Gasteiger partial charge in [-0.25, -0.2) is 22.8 Å². The van der Waals surface area contributed by atoms with Crippen molar-refractivity contribution in [3.8, 4) is 0 Å². The highest BCUT2D eigenvalue weighted by molar-refractivity contribution is 7.89. The van der Waals surface area contributed by atoms with Crippen molar-refractivity contribution < 1.29 is 41.8 Å². The van der Waals surface area contributed by atoms with Gasteiger partial charge in [0, 0.05) is 57.9 Å². The van der Waals surface area contributed by atoms with E-state index in [-0.39, 0.29) is 69.6 Å². The number of carbonyl (C=O) groups is 4. The van der Waals surface area contributed by atoms with Gasteiger partial charge in [-0.1, -0.05) is 30.3 Å². The molecule has 2 aromatic rings. The molecule has 0 aromatic heterocycles. The number of rotatable bonds is 10. The SMILES string of the molecule is CC(C)(C)OC(=O)NCCCN(C(=O)OC(C)(C)C)C1CC(=O)N(c2ccc(S(=O)(=O)N3CCN(C(=O)OCc4ccccc4)CC3)cc2)C1. The van der Waals surface area contributed by atoms with Crippen LogP contribution >= 0.6 is 0 Å². The van der Waals surface area contributed by atoms with Crippen molar-refractivity contribution in [3.05, 3.63) is 60.2 Å². The number of anilines is 1. The summed E-state index contributed by atoms with van der Waals surface area (Å²) >= 11 is 0. The van der Waals surface area contributed by atoms with Crippen LogP contribution in [0.15, 0.2) is 59.5 Å². The Hall–Kier alpha value is -4.37. The van der Waals surface area contributed by atoms with Crippen LogP contribution in [0, 0.1) is 0 Å². The van der Waals surface area contributed by atoms with E-state index in [4.69, 9.17) is 14.2 Å². The lowest BCUT2D eigenvalue weighted by Gasteiger charge is -2.33. The molecule has 1 unspecified atom stereocenters. The van der Waals surface area contributed by atoms with Crippen LogP contribution in [0.25, 0.3) is 0 Å². The number of carbonyl (C=O) groups excluding carboxylic acids is 4. The Morgan fingerprint density at radius 1 is 0.880 bits per heavy atom. The molecule has 15 heteroatoms. The smallest absolute Gasteiger partial charge is 0.410 e. The van der Waals surface area contributed by atoms with Gasteiger partial charge in [-0.15, -0.1) is 0 Å². The molecule has 14 nitrogen and oxygen atoms in total. The number of nitrogens with one attached hydrogen (secondary N) is 1. The summed E-state index contributed by atoms with van der Waals surface area (Å²) in [5.74, 6) is -0.221. The summed E-state index contributed by atoms with van der Waals surface area (Å²) in [4.78, 5) is 55.6. The van der Waals surface area contributed by atoms with Crippen LogP contribution in [0.5, 0.6) is 0 Å². The van der Waals surface area contributed by atoms with E-state index in [9.17, 15) is 27.6 Å². The molecule has 1 N–H and O–H groups in total. The highest BCUT2D eigenvalue weighted by atomic mass is 32.2. The first-order chi connectivity index (χ1) is 23.4. The van der Waals surface area contributed by atoms with E-state index in [0.717, 1.165) is 5.56 Å². The molecule has 4 rings (SSSR count). The van der Waals surface area contributed by atoms with Crippen LogP contribution in [-0.4, -0.2) is 110 Å². The first-order valence-electron chi connectivity index (χ1n) is 16.8. The van der Waals surface area contributed by atoms with Crippen molar-refractivity contribution in [2.75, 3.05) is 50.7 Å². The van der Waals surface area contributed by atoms with Gasteiger partial charge in [-0.2, -0.15) is 4.31 Å². The Bertz CT molecular complexity index is 1600. The van der Waals surface area contributed by atoms with E-state index in [1.54, 1.807) is 53.7 Å². The lowest BCUT2D eigenvalue weighted by atomic mass is 10.2. The lowest BCUT2D eigenvalue weighted by Crippen LogP contribution is -2.50. The Balaban J connectivity index is 1.34. The van der Waals surface area contributed by atoms with Crippen LogP contribution in [0.1, 0.15) is 59.9 Å². The molecular weight excluding hydrogens is 666 g/mol. The second-order valence-electron chi connectivity index (χ2n) is 14.2. The number of benzene rings is 2. The van der Waals surface area contributed by atoms with Gasteiger partial charge in [0.2, 0.25) is 15.9 Å². The Kier molecular flexibility index (Phi) is 12.4. The Labute approximate surface area is 294 Å². The van der Waals surface area contributed by atoms with E-state index >= 15 is 0 Å². The fraction of sp³-hybridized carbons (Fsp3) is 0.543. The normalized spacial score (nSPS) is 17.3. The number of piperazine rings is 1. The second kappa shape index (κ2) is 16.1. The Morgan fingerprint density at radius 3 is 2.10 bits per heavy atom. The van der Waals surface area contributed by atoms with Crippen LogP contribution in [0.3, 0.4) is 0 Å². The summed E-state index contributed by atoms with van der Waals surface area (Å²) in [6.45, 7) is 12.0. The van der Waals surface area contributed by atoms with Gasteiger partial charge in [0.25, 0.3) is 0 Å². The van der Waals surface area contributed by atoms with Crippen LogP contribution in [-0.2, 0) is 35.6 Å². The third kappa shape index (κ3) is 10.8. The fourth-order valence-electron chi connectivity index (χ4n) is 5.51. The van der Waals surface area contributed by atoms with E-state index in [1.807, 2.05) is 30.3 Å². The van der Waals surface area contributed by atoms with Gasteiger partial charge in [0.1, 0.15) is 17.8 Å². The molecule has 0 spiro atoms. The van der Waals surface area contributed by atoms with Gasteiger partial charge >= 0.3 is 18.3 Å². The summed E-state index contributed by atoms with van der Waals surface area (Å²) in [7, 11) is -3.86. The molecule has 2 aromatic carbocycles. The number of amides is 4. The van der Waals surface area contributed by atoms with Crippen molar-refractivity contribution >= 4 is 39.9 Å². The molecule has 4 amide bonds. The topological polar surface area (TPSA) is 155 Å². The maximum Gasteiger partial charge on any atom is 0.410 e. The minimum Gasteiger partial charge on any atom is -0.445 e. The standard InChI is InChI=1S/C35H49N5O9S/c1-34(2,3)48-31(42)36-17-10-18-39(33(44)49-35(4,5)6)28-23-30(41)40(24-28)27-13-15-29(16-14-27)50(45,46)38-21-19-37(20-22-38)32(43)47-25-26-11-8-7-9-12-26/h7-9,11-16,28H,10,17-25H2,1-6H3,(H,36,42). The number of hydrogen-bond acceptors (Lipinski definition) is 9. The molecule has 0 saturated carbocycles. The summed E-state index contributed by atoms with van der Waals surface area (Å²) in [6, 6.07) is 14.9. The van der Waals surface area contributed by atoms with Gasteiger partial charge in [-0.05, 0) is 77.8 Å². The molecule has 2 saturated heterocycles. The fourth-order valence-corrected chi connectivity index (χ4v) is 6.94. The minimum absolute atomic E-state index is 0.0524. The highest BCUT2D eigenvalue weighted by Crippen LogP contribution is 2.28. The van der Waals surface area contributed by atoms with Gasteiger partial charge < -0.3 is 34.2 Å². The van der Waals surface area contributed by atoms with Gasteiger partial charge in [-0.3, -0.25) is 4.79 Å². The molecule has 0 radical (unpaired) electrons. The summed E-state index contributed by atoms with van der Waals surface area (Å²) in [6.07, 6.45) is -1.17. The molecule has 0 bridgehead atoms. The maximum absolute atomic E-state index is 13.5. The molecule has 2 fully saturated rings. The quantitative estimate of drug-likeness (QED) is 0.275. The average Bonchev–Trinajstić information content (AvgIpc) is 3.43. The maximum atomic E-state index is 13.5. The number of ether oxygens (including phenoxy) is 3. The molecule has 1 atom stereocenters. The van der Waals surface area contributed by atoms with E-state index in [2.05, 4.69) is 5.32 Å². The zero-order chi connectivity index (χ0) is 36.7. The molecule has 50 heavy (non-hydrogen) atoms. The molecule has 0 aliphatic carbocycles. The highest BCUT2D eigenvalue weighted by Gasteiger charge is 2.38. The van der Waals surface area contributed by atoms with Crippen molar-refractivity contribution in [2.24, 2.45) is 0 Å². The molecule has 2 aliphatic heterocycles. The summed E-state index contributed by atoms with van der Waals surface area (Å²) in [5, 5.41) is 2.68. The molecule has 274 valence electrons. The van der Waals surface area contributed by atoms with Crippen molar-refractivity contribution in [1.82, 2.24) is 19.4 Å². The van der Waals surface area contributed by atoms with E-state index in [1.165, 1.54) is 31.1 Å². The van der Waals surface area contributed by atoms with Crippen molar-refractivity contribution in [3.63, 3.8) is 0 Å². The third-order valence-corrected chi connectivity index (χ3v) is 9.82. The molecular formula is C35H49N5O9S. The zero-order valence-electron chi connectivity index (χ0n) is 29.7. The van der Waals surface area contributed by atoms with Gasteiger partial charge in [0.15, 0.2) is 0 Å². The summed E-state index contributed by atoms with van der Waals surface area (Å²) < 4.78 is 44.5. The second-order valence-corrected chi connectivity index (χ2v) is 16.2. The number of nitrogens with zero attached hydrogens (tertiary/aromatic N) is 4. The largest absolute Gasteiger partial charge is 0.445 e. The van der Waals surface area contributed by atoms with Crippen LogP contribution in [0.4, 0.5) is 20.1 Å². The lowest BCUT2D eigenvalue weighted by molar-refractivity contribution is -0.117. The van der Waals surface area contributed by atoms with Crippen molar-refractivity contribution in [2.45, 2.75) is 83.1 Å². The van der Waals surface area contributed by atoms with E-state index < -0.39 is 45.5 Å². The predicted molar refractivity (Wildman–Crippen MR) is 186 cm³/mol. The molecule has 2 aliphatic rings. The average molecular weight is 716 g/mol. The zero-order valence-corrected chi connectivity index (χ0v) is 30.5. The number of hydrogen-bond donors (Lipinski definition) is 1. The third-order valence-electron chi connectivity index (χ3n) is 7.91. The van der Waals surface area contributed by atoms with Gasteiger partial charge in [0.05, 0.1) is 10.9 Å². The summed E-state index contributed by atoms with van der Waals surface area (Å²) in [5.41, 5.74) is -0.0373. The predicted octanol–water partition coefficient (Wildman–Crippen LogP) is 4.59. The first-order valence-corrected chi connectivity index (χ1v) is 18.2. The number of alkyl carbamates (subject to hydrolysis) is 1. The van der Waals surface area contributed by atoms with Crippen molar-refractivity contribution in [1.29, 1.82) is 0 Å². The first kappa shape index (κ1) is 38.4. The minimum atomic E-state index is -3.86. The number of sulfonamides is 1.